The van der Waals surface area contributed by atoms with Crippen LogP contribution in [0.5, 0.6) is 11.5 Å². The van der Waals surface area contributed by atoms with Gasteiger partial charge in [0.25, 0.3) is 0 Å². The van der Waals surface area contributed by atoms with Crippen molar-refractivity contribution in [3.8, 4) is 11.5 Å². The van der Waals surface area contributed by atoms with Gasteiger partial charge < -0.3 is 14.8 Å². The highest BCUT2D eigenvalue weighted by Crippen LogP contribution is 2.32. The minimum Gasteiger partial charge on any atom is -0.490 e. The molecule has 0 aliphatic rings. The molecule has 0 aromatic heterocycles. The lowest BCUT2D eigenvalue weighted by molar-refractivity contribution is 0.211. The molecule has 5 nitrogen and oxygen atoms in total. The van der Waals surface area contributed by atoms with Crippen LogP contribution in [0.2, 0.25) is 0 Å². The van der Waals surface area contributed by atoms with Gasteiger partial charge in [0.15, 0.2) is 16.6 Å². The quantitative estimate of drug-likeness (QED) is 0.294. The molecule has 0 spiro atoms. The predicted molar refractivity (Wildman–Crippen MR) is 115 cm³/mol. The summed E-state index contributed by atoms with van der Waals surface area (Å²) in [6.07, 6.45) is 3.32. The summed E-state index contributed by atoms with van der Waals surface area (Å²) in [5.74, 6) is 1.37. The van der Waals surface area contributed by atoms with E-state index in [1.54, 1.807) is 12.3 Å². The van der Waals surface area contributed by atoms with Crippen LogP contribution in [0.15, 0.2) is 66.3 Å². The molecule has 27 heavy (non-hydrogen) atoms. The smallest absolute Gasteiger partial charge is 0.187 e. The van der Waals surface area contributed by atoms with Crippen molar-refractivity contribution in [2.24, 2.45) is 5.10 Å². The van der Waals surface area contributed by atoms with Crippen molar-refractivity contribution in [3.63, 3.8) is 0 Å². The second-order valence-corrected chi connectivity index (χ2v) is 6.09. The fourth-order valence-corrected chi connectivity index (χ4v) is 2.46. The summed E-state index contributed by atoms with van der Waals surface area (Å²) in [5, 5.41) is 7.50. The van der Waals surface area contributed by atoms with Crippen LogP contribution in [0.25, 0.3) is 0 Å². The molecule has 2 aromatic rings. The summed E-state index contributed by atoms with van der Waals surface area (Å²) >= 11 is 5.09. The maximum Gasteiger partial charge on any atom is 0.187 e. The first-order valence-corrected chi connectivity index (χ1v) is 9.21. The average Bonchev–Trinajstić information content (AvgIpc) is 2.69. The minimum absolute atomic E-state index is 0.0834. The highest BCUT2D eigenvalue weighted by atomic mass is 32.1. The van der Waals surface area contributed by atoms with Crippen LogP contribution in [0.1, 0.15) is 31.1 Å². The monoisotopic (exact) mass is 383 g/mol. The standard InChI is InChI=1S/C21H25N3O2S/c1-4-13-22-21(27)24-23-15-17-11-12-19(20(14-17)25-5-2)26-16(3)18-9-7-6-8-10-18/h4,6-12,14-16H,1,5,13H2,2-3H3,(H2,22,24,27)/b23-15+. The molecule has 2 aromatic carbocycles. The Morgan fingerprint density at radius 3 is 2.70 bits per heavy atom. The van der Waals surface area contributed by atoms with Gasteiger partial charge in [-0.2, -0.15) is 5.10 Å². The van der Waals surface area contributed by atoms with E-state index in [9.17, 15) is 0 Å². The number of thiocarbonyl (C=S) groups is 1. The van der Waals surface area contributed by atoms with Crippen molar-refractivity contribution in [1.29, 1.82) is 0 Å². The van der Waals surface area contributed by atoms with Crippen LogP contribution in [0.4, 0.5) is 0 Å². The van der Waals surface area contributed by atoms with Crippen LogP contribution in [-0.2, 0) is 0 Å². The molecule has 0 fully saturated rings. The van der Waals surface area contributed by atoms with Crippen molar-refractivity contribution in [3.05, 3.63) is 72.3 Å². The van der Waals surface area contributed by atoms with Crippen LogP contribution in [0, 0.1) is 0 Å². The Hall–Kier alpha value is -2.86. The molecule has 0 aliphatic carbocycles. The Morgan fingerprint density at radius 2 is 2.00 bits per heavy atom. The summed E-state index contributed by atoms with van der Waals surface area (Å²) in [6, 6.07) is 15.8. The SMILES string of the molecule is C=CCNC(=S)N/N=C/c1ccc(OC(C)c2ccccc2)c(OCC)c1. The summed E-state index contributed by atoms with van der Waals surface area (Å²) in [7, 11) is 0. The van der Waals surface area contributed by atoms with E-state index < -0.39 is 0 Å². The fourth-order valence-electron chi connectivity index (χ4n) is 2.32. The number of hydrogen-bond donors (Lipinski definition) is 2. The van der Waals surface area contributed by atoms with Gasteiger partial charge in [-0.05, 0) is 55.4 Å². The molecule has 0 amide bonds. The van der Waals surface area contributed by atoms with E-state index in [0.29, 0.717) is 29.8 Å². The second-order valence-electron chi connectivity index (χ2n) is 5.68. The minimum atomic E-state index is -0.0834. The molecule has 0 saturated carbocycles. The van der Waals surface area contributed by atoms with E-state index in [4.69, 9.17) is 21.7 Å². The van der Waals surface area contributed by atoms with E-state index in [1.165, 1.54) is 0 Å². The third kappa shape index (κ3) is 6.75. The maximum absolute atomic E-state index is 6.10. The Bertz CT molecular complexity index is 778. The Morgan fingerprint density at radius 1 is 1.22 bits per heavy atom. The number of ether oxygens (including phenoxy) is 2. The van der Waals surface area contributed by atoms with Crippen molar-refractivity contribution in [2.45, 2.75) is 20.0 Å². The highest BCUT2D eigenvalue weighted by molar-refractivity contribution is 7.80. The molecular formula is C21H25N3O2S. The Labute approximate surface area is 166 Å². The summed E-state index contributed by atoms with van der Waals surface area (Å²) in [4.78, 5) is 0. The normalized spacial score (nSPS) is 11.6. The van der Waals surface area contributed by atoms with Gasteiger partial charge in [-0.1, -0.05) is 36.4 Å². The third-order valence-corrected chi connectivity index (χ3v) is 3.86. The molecule has 2 N–H and O–H groups in total. The van der Waals surface area contributed by atoms with Gasteiger partial charge in [-0.25, -0.2) is 0 Å². The number of nitrogens with zero attached hydrogens (tertiary/aromatic N) is 1. The van der Waals surface area contributed by atoms with Gasteiger partial charge in [0.05, 0.1) is 12.8 Å². The van der Waals surface area contributed by atoms with Gasteiger partial charge in [0.1, 0.15) is 6.10 Å². The molecule has 0 radical (unpaired) electrons. The summed E-state index contributed by atoms with van der Waals surface area (Å²) in [5.41, 5.74) is 4.73. The molecule has 142 valence electrons. The number of hydrogen-bond acceptors (Lipinski definition) is 4. The van der Waals surface area contributed by atoms with Crippen LogP contribution in [-0.4, -0.2) is 24.5 Å². The van der Waals surface area contributed by atoms with Gasteiger partial charge in [0, 0.05) is 6.54 Å². The first kappa shape index (κ1) is 20.5. The lowest BCUT2D eigenvalue weighted by atomic mass is 10.1. The van der Waals surface area contributed by atoms with Crippen molar-refractivity contribution >= 4 is 23.5 Å². The van der Waals surface area contributed by atoms with Gasteiger partial charge in [0.2, 0.25) is 0 Å². The van der Waals surface area contributed by atoms with E-state index >= 15 is 0 Å². The van der Waals surface area contributed by atoms with E-state index in [0.717, 1.165) is 11.1 Å². The van der Waals surface area contributed by atoms with Crippen molar-refractivity contribution in [2.75, 3.05) is 13.2 Å². The summed E-state index contributed by atoms with van der Waals surface area (Å²) in [6.45, 7) is 8.71. The lowest BCUT2D eigenvalue weighted by Gasteiger charge is -2.18. The molecule has 2 rings (SSSR count). The van der Waals surface area contributed by atoms with Crippen LogP contribution in [0.3, 0.4) is 0 Å². The topological polar surface area (TPSA) is 54.9 Å². The lowest BCUT2D eigenvalue weighted by Crippen LogP contribution is -2.31. The first-order valence-electron chi connectivity index (χ1n) is 8.80. The largest absolute Gasteiger partial charge is 0.490 e. The van der Waals surface area contributed by atoms with Crippen molar-refractivity contribution < 1.29 is 9.47 Å². The molecule has 6 heteroatoms. The summed E-state index contributed by atoms with van der Waals surface area (Å²) < 4.78 is 11.8. The number of nitrogens with one attached hydrogen (secondary N) is 2. The number of benzene rings is 2. The molecular weight excluding hydrogens is 358 g/mol. The van der Waals surface area contributed by atoms with E-state index in [1.807, 2.05) is 62.4 Å². The zero-order chi connectivity index (χ0) is 19.5. The van der Waals surface area contributed by atoms with Crippen LogP contribution < -0.4 is 20.2 Å². The average molecular weight is 384 g/mol. The first-order chi connectivity index (χ1) is 13.1. The van der Waals surface area contributed by atoms with E-state index in [-0.39, 0.29) is 6.10 Å². The van der Waals surface area contributed by atoms with E-state index in [2.05, 4.69) is 22.4 Å². The Kier molecular flexibility index (Phi) is 8.32. The maximum atomic E-state index is 6.10. The highest BCUT2D eigenvalue weighted by Gasteiger charge is 2.11. The number of hydrazone groups is 1. The molecule has 0 bridgehead atoms. The van der Waals surface area contributed by atoms with Crippen LogP contribution >= 0.6 is 12.2 Å². The predicted octanol–water partition coefficient (Wildman–Crippen LogP) is 4.21. The second kappa shape index (κ2) is 11.0. The molecule has 0 saturated heterocycles. The third-order valence-electron chi connectivity index (χ3n) is 3.63. The fraction of sp³-hybridized carbons (Fsp3) is 0.238. The molecule has 1 atom stereocenters. The van der Waals surface area contributed by atoms with Gasteiger partial charge in [-0.3, -0.25) is 5.43 Å². The molecule has 1 unspecified atom stereocenters. The van der Waals surface area contributed by atoms with Crippen molar-refractivity contribution in [1.82, 2.24) is 10.7 Å². The molecule has 0 aliphatic heterocycles. The van der Waals surface area contributed by atoms with Gasteiger partial charge in [-0.15, -0.1) is 6.58 Å². The zero-order valence-electron chi connectivity index (χ0n) is 15.6. The van der Waals surface area contributed by atoms with Gasteiger partial charge >= 0.3 is 0 Å². The zero-order valence-corrected chi connectivity index (χ0v) is 16.5. The molecule has 0 heterocycles. The Balaban J connectivity index is 2.07. The number of rotatable bonds is 9.